The van der Waals surface area contributed by atoms with Gasteiger partial charge in [-0.15, -0.1) is 0 Å². The van der Waals surface area contributed by atoms with E-state index >= 15 is 0 Å². The molecule has 1 aromatic rings. The molecule has 1 unspecified atom stereocenters. The maximum absolute atomic E-state index is 5.72. The molecule has 3 heteroatoms. The van der Waals surface area contributed by atoms with Crippen molar-refractivity contribution >= 4 is 0 Å². The summed E-state index contributed by atoms with van der Waals surface area (Å²) in [5.41, 5.74) is 2.08. The largest absolute Gasteiger partial charge is 0.371 e. The van der Waals surface area contributed by atoms with E-state index in [1.807, 2.05) is 25.1 Å². The fourth-order valence-corrected chi connectivity index (χ4v) is 1.65. The van der Waals surface area contributed by atoms with E-state index in [-0.39, 0.29) is 0 Å². The third-order valence-electron chi connectivity index (χ3n) is 2.43. The van der Waals surface area contributed by atoms with Gasteiger partial charge in [0.1, 0.15) is 0 Å². The normalized spacial score (nSPS) is 21.4. The highest BCUT2D eigenvalue weighted by atomic mass is 16.5. The van der Waals surface area contributed by atoms with Crippen LogP contribution in [0.5, 0.6) is 0 Å². The van der Waals surface area contributed by atoms with Crippen molar-refractivity contribution in [3.8, 4) is 0 Å². The van der Waals surface area contributed by atoms with Gasteiger partial charge in [-0.1, -0.05) is 6.07 Å². The number of aryl methyl sites for hydroxylation is 1. The summed E-state index contributed by atoms with van der Waals surface area (Å²) in [5, 5.41) is 3.27. The Bertz CT molecular complexity index is 295. The minimum atomic E-state index is 0.373. The molecule has 0 bridgehead atoms. The maximum atomic E-state index is 5.72. The monoisotopic (exact) mass is 192 g/mol. The van der Waals surface area contributed by atoms with Crippen LogP contribution in [-0.2, 0) is 11.3 Å². The van der Waals surface area contributed by atoms with Gasteiger partial charge in [-0.05, 0) is 32.0 Å². The molecule has 1 saturated heterocycles. The number of pyridine rings is 1. The second-order valence-electron chi connectivity index (χ2n) is 3.70. The molecule has 1 atom stereocenters. The van der Waals surface area contributed by atoms with Gasteiger partial charge in [-0.3, -0.25) is 4.98 Å². The van der Waals surface area contributed by atoms with Gasteiger partial charge < -0.3 is 10.1 Å². The Hall–Kier alpha value is -0.930. The summed E-state index contributed by atoms with van der Waals surface area (Å²) in [7, 11) is 0. The van der Waals surface area contributed by atoms with E-state index in [4.69, 9.17) is 4.74 Å². The zero-order valence-corrected chi connectivity index (χ0v) is 8.49. The number of nitrogens with zero attached hydrogens (tertiary/aromatic N) is 1. The molecule has 76 valence electrons. The topological polar surface area (TPSA) is 34.1 Å². The van der Waals surface area contributed by atoms with Crippen LogP contribution in [0.25, 0.3) is 0 Å². The van der Waals surface area contributed by atoms with Gasteiger partial charge in [0, 0.05) is 12.2 Å². The molecular weight excluding hydrogens is 176 g/mol. The summed E-state index contributed by atoms with van der Waals surface area (Å²) in [5.74, 6) is 0. The molecule has 0 aliphatic carbocycles. The molecule has 0 saturated carbocycles. The van der Waals surface area contributed by atoms with Crippen molar-refractivity contribution in [2.75, 3.05) is 13.1 Å². The van der Waals surface area contributed by atoms with E-state index in [1.54, 1.807) is 0 Å². The average molecular weight is 192 g/mol. The Kier molecular flexibility index (Phi) is 3.11. The minimum Gasteiger partial charge on any atom is -0.371 e. The lowest BCUT2D eigenvalue weighted by atomic mass is 10.3. The number of ether oxygens (including phenoxy) is 1. The Morgan fingerprint density at radius 1 is 1.57 bits per heavy atom. The van der Waals surface area contributed by atoms with E-state index in [0.717, 1.165) is 30.9 Å². The summed E-state index contributed by atoms with van der Waals surface area (Å²) < 4.78 is 5.72. The van der Waals surface area contributed by atoms with Crippen molar-refractivity contribution < 1.29 is 4.74 Å². The summed E-state index contributed by atoms with van der Waals surface area (Å²) in [6.45, 7) is 4.69. The Labute approximate surface area is 84.5 Å². The SMILES string of the molecule is Cc1cccc(COC2CCNC2)n1. The molecule has 1 aromatic heterocycles. The molecule has 0 radical (unpaired) electrons. The first kappa shape index (κ1) is 9.62. The van der Waals surface area contributed by atoms with Gasteiger partial charge >= 0.3 is 0 Å². The zero-order valence-electron chi connectivity index (χ0n) is 8.49. The number of nitrogens with one attached hydrogen (secondary N) is 1. The van der Waals surface area contributed by atoms with Crippen LogP contribution in [0.2, 0.25) is 0 Å². The molecule has 14 heavy (non-hydrogen) atoms. The van der Waals surface area contributed by atoms with Gasteiger partial charge in [-0.2, -0.15) is 0 Å². The lowest BCUT2D eigenvalue weighted by molar-refractivity contribution is 0.0522. The van der Waals surface area contributed by atoms with Gasteiger partial charge in [0.05, 0.1) is 18.4 Å². The van der Waals surface area contributed by atoms with Crippen LogP contribution in [0, 0.1) is 6.92 Å². The predicted octanol–water partition coefficient (Wildman–Crippen LogP) is 1.27. The fraction of sp³-hybridized carbons (Fsp3) is 0.545. The summed E-state index contributed by atoms with van der Waals surface area (Å²) >= 11 is 0. The van der Waals surface area contributed by atoms with E-state index in [9.17, 15) is 0 Å². The van der Waals surface area contributed by atoms with Crippen molar-refractivity contribution in [3.05, 3.63) is 29.6 Å². The molecule has 1 aliphatic heterocycles. The lowest BCUT2D eigenvalue weighted by Gasteiger charge is -2.09. The van der Waals surface area contributed by atoms with E-state index in [1.165, 1.54) is 0 Å². The maximum Gasteiger partial charge on any atom is 0.0892 e. The highest BCUT2D eigenvalue weighted by molar-refractivity contribution is 5.08. The molecule has 2 rings (SSSR count). The number of rotatable bonds is 3. The zero-order chi connectivity index (χ0) is 9.80. The Morgan fingerprint density at radius 2 is 2.50 bits per heavy atom. The van der Waals surface area contributed by atoms with Crippen molar-refractivity contribution in [1.29, 1.82) is 0 Å². The van der Waals surface area contributed by atoms with Crippen LogP contribution in [0.4, 0.5) is 0 Å². The Morgan fingerprint density at radius 3 is 3.21 bits per heavy atom. The summed E-state index contributed by atoms with van der Waals surface area (Å²) in [6.07, 6.45) is 1.49. The lowest BCUT2D eigenvalue weighted by Crippen LogP contribution is -2.16. The smallest absolute Gasteiger partial charge is 0.0892 e. The molecule has 0 spiro atoms. The second kappa shape index (κ2) is 4.53. The second-order valence-corrected chi connectivity index (χ2v) is 3.70. The van der Waals surface area contributed by atoms with Crippen LogP contribution < -0.4 is 5.32 Å². The van der Waals surface area contributed by atoms with Crippen LogP contribution in [-0.4, -0.2) is 24.2 Å². The number of hydrogen-bond acceptors (Lipinski definition) is 3. The number of aromatic nitrogens is 1. The van der Waals surface area contributed by atoms with Crippen LogP contribution in [0.1, 0.15) is 17.8 Å². The molecule has 1 fully saturated rings. The molecule has 2 heterocycles. The number of hydrogen-bond donors (Lipinski definition) is 1. The van der Waals surface area contributed by atoms with Gasteiger partial charge in [0.15, 0.2) is 0 Å². The van der Waals surface area contributed by atoms with Crippen LogP contribution in [0.3, 0.4) is 0 Å². The highest BCUT2D eigenvalue weighted by Crippen LogP contribution is 2.07. The predicted molar refractivity (Wildman–Crippen MR) is 55.0 cm³/mol. The van der Waals surface area contributed by atoms with Gasteiger partial charge in [-0.25, -0.2) is 0 Å². The molecular formula is C11H16N2O. The van der Waals surface area contributed by atoms with Crippen molar-refractivity contribution in [2.24, 2.45) is 0 Å². The van der Waals surface area contributed by atoms with Crippen molar-refractivity contribution in [1.82, 2.24) is 10.3 Å². The summed E-state index contributed by atoms with van der Waals surface area (Å²) in [4.78, 5) is 4.39. The van der Waals surface area contributed by atoms with E-state index in [2.05, 4.69) is 10.3 Å². The van der Waals surface area contributed by atoms with Gasteiger partial charge in [0.2, 0.25) is 0 Å². The summed E-state index contributed by atoms with van der Waals surface area (Å²) in [6, 6.07) is 6.03. The molecule has 0 aromatic carbocycles. The molecule has 0 amide bonds. The quantitative estimate of drug-likeness (QED) is 0.783. The fourth-order valence-electron chi connectivity index (χ4n) is 1.65. The van der Waals surface area contributed by atoms with Gasteiger partial charge in [0.25, 0.3) is 0 Å². The van der Waals surface area contributed by atoms with E-state index in [0.29, 0.717) is 12.7 Å². The first-order valence-corrected chi connectivity index (χ1v) is 5.09. The first-order valence-electron chi connectivity index (χ1n) is 5.09. The highest BCUT2D eigenvalue weighted by Gasteiger charge is 2.14. The van der Waals surface area contributed by atoms with Crippen LogP contribution in [0.15, 0.2) is 18.2 Å². The standard InChI is InChI=1S/C11H16N2O/c1-9-3-2-4-10(13-9)8-14-11-5-6-12-7-11/h2-4,11-12H,5-8H2,1H3. The third kappa shape index (κ3) is 2.53. The average Bonchev–Trinajstić information content (AvgIpc) is 2.67. The molecule has 1 N–H and O–H groups in total. The first-order chi connectivity index (χ1) is 6.84. The molecule has 1 aliphatic rings. The molecule has 3 nitrogen and oxygen atoms in total. The van der Waals surface area contributed by atoms with E-state index < -0.39 is 0 Å². The van der Waals surface area contributed by atoms with Crippen molar-refractivity contribution in [2.45, 2.75) is 26.1 Å². The van der Waals surface area contributed by atoms with Crippen LogP contribution >= 0.6 is 0 Å². The Balaban J connectivity index is 1.85. The minimum absolute atomic E-state index is 0.373. The third-order valence-corrected chi connectivity index (χ3v) is 2.43. The van der Waals surface area contributed by atoms with Crippen molar-refractivity contribution in [3.63, 3.8) is 0 Å².